The molecule has 0 aliphatic carbocycles. The van der Waals surface area contributed by atoms with Gasteiger partial charge in [-0.25, -0.2) is 0 Å². The SMILES string of the molecule is Cn1[c]c(Cl)[c]n1. The molecule has 0 amide bonds. The van der Waals surface area contributed by atoms with Gasteiger partial charge in [-0.2, -0.15) is 5.10 Å². The molecule has 0 aliphatic rings. The van der Waals surface area contributed by atoms with Gasteiger partial charge in [-0.05, 0) is 0 Å². The average Bonchev–Trinajstić information content (AvgIpc) is 1.87. The van der Waals surface area contributed by atoms with Crippen LogP contribution in [0.2, 0.25) is 5.02 Å². The van der Waals surface area contributed by atoms with E-state index >= 15 is 0 Å². The molecule has 2 radical (unpaired) electrons. The van der Waals surface area contributed by atoms with E-state index < -0.39 is 0 Å². The van der Waals surface area contributed by atoms with Crippen molar-refractivity contribution in [1.29, 1.82) is 0 Å². The Balaban J connectivity index is 3.04. The Labute approximate surface area is 46.7 Å². The third kappa shape index (κ3) is 0.933. The van der Waals surface area contributed by atoms with Crippen LogP contribution in [-0.4, -0.2) is 9.78 Å². The third-order valence-corrected chi connectivity index (χ3v) is 0.727. The first-order valence-corrected chi connectivity index (χ1v) is 2.16. The van der Waals surface area contributed by atoms with Gasteiger partial charge in [0.15, 0.2) is 0 Å². The molecule has 3 heteroatoms. The van der Waals surface area contributed by atoms with Crippen LogP contribution < -0.4 is 0 Å². The van der Waals surface area contributed by atoms with E-state index in [0.717, 1.165) is 0 Å². The van der Waals surface area contributed by atoms with Crippen LogP contribution in [0.1, 0.15) is 0 Å². The quantitative estimate of drug-likeness (QED) is 0.485. The largest absolute Gasteiger partial charge is 0.264 e. The molecule has 36 valence electrons. The van der Waals surface area contributed by atoms with Gasteiger partial charge in [0, 0.05) is 7.05 Å². The predicted molar refractivity (Wildman–Crippen MR) is 25.9 cm³/mol. The second kappa shape index (κ2) is 1.54. The Morgan fingerprint density at radius 3 is 2.71 bits per heavy atom. The van der Waals surface area contributed by atoms with Crippen molar-refractivity contribution in [3.8, 4) is 0 Å². The van der Waals surface area contributed by atoms with Gasteiger partial charge in [0.05, 0.1) is 5.02 Å². The first-order chi connectivity index (χ1) is 3.29. The Bertz CT molecular complexity index is 142. The minimum absolute atomic E-state index is 0.433. The molecule has 1 rings (SSSR count). The van der Waals surface area contributed by atoms with Crippen LogP contribution in [0.25, 0.3) is 0 Å². The Morgan fingerprint density at radius 1 is 1.86 bits per heavy atom. The van der Waals surface area contributed by atoms with Gasteiger partial charge >= 0.3 is 0 Å². The van der Waals surface area contributed by atoms with Crippen LogP contribution in [0, 0.1) is 12.4 Å². The molecular weight excluding hydrogens is 112 g/mol. The molecular formula is C4H3ClN2. The maximum absolute atomic E-state index is 5.37. The molecule has 1 aromatic rings. The second-order valence-corrected chi connectivity index (χ2v) is 1.54. The van der Waals surface area contributed by atoms with E-state index in [9.17, 15) is 0 Å². The van der Waals surface area contributed by atoms with Gasteiger partial charge in [0.25, 0.3) is 0 Å². The lowest BCUT2D eigenvalue weighted by Crippen LogP contribution is -1.84. The van der Waals surface area contributed by atoms with Crippen LogP contribution in [0.5, 0.6) is 0 Å². The van der Waals surface area contributed by atoms with Crippen LogP contribution in [0.15, 0.2) is 0 Å². The zero-order valence-corrected chi connectivity index (χ0v) is 4.53. The third-order valence-electron chi connectivity index (χ3n) is 0.558. The van der Waals surface area contributed by atoms with Gasteiger partial charge in [-0.1, -0.05) is 11.6 Å². The lowest BCUT2D eigenvalue weighted by Gasteiger charge is -1.76. The first-order valence-electron chi connectivity index (χ1n) is 1.78. The molecule has 0 unspecified atom stereocenters. The molecule has 0 N–H and O–H groups in total. The molecule has 0 atom stereocenters. The molecule has 0 aliphatic heterocycles. The summed E-state index contributed by atoms with van der Waals surface area (Å²) >= 11 is 5.37. The zero-order chi connectivity index (χ0) is 5.28. The Kier molecular flexibility index (Phi) is 1.02. The molecule has 0 aromatic carbocycles. The summed E-state index contributed by atoms with van der Waals surface area (Å²) in [5, 5.41) is 4.05. The molecule has 7 heavy (non-hydrogen) atoms. The fraction of sp³-hybridized carbons (Fsp3) is 0.250. The van der Waals surface area contributed by atoms with E-state index in [1.807, 2.05) is 0 Å². The second-order valence-electron chi connectivity index (χ2n) is 1.16. The van der Waals surface area contributed by atoms with E-state index in [-0.39, 0.29) is 0 Å². The van der Waals surface area contributed by atoms with Crippen molar-refractivity contribution in [3.63, 3.8) is 0 Å². The smallest absolute Gasteiger partial charge is 0.133 e. The van der Waals surface area contributed by atoms with E-state index in [4.69, 9.17) is 11.6 Å². The highest BCUT2D eigenvalue weighted by Gasteiger charge is 1.87. The Hall–Kier alpha value is -0.500. The molecule has 1 aromatic heterocycles. The molecule has 0 spiro atoms. The summed E-state index contributed by atoms with van der Waals surface area (Å²) in [7, 11) is 1.74. The highest BCUT2D eigenvalue weighted by atomic mass is 35.5. The number of halogens is 1. The summed E-state index contributed by atoms with van der Waals surface area (Å²) in [5.41, 5.74) is 0. The van der Waals surface area contributed by atoms with E-state index in [2.05, 4.69) is 17.5 Å². The van der Waals surface area contributed by atoms with Crippen LogP contribution in [-0.2, 0) is 7.05 Å². The standard InChI is InChI=1S/C4H3ClN2/c1-7-3-4(5)2-6-7/h1H3. The van der Waals surface area contributed by atoms with Gasteiger partial charge in [0.1, 0.15) is 12.4 Å². The van der Waals surface area contributed by atoms with Crippen molar-refractivity contribution in [3.05, 3.63) is 17.4 Å². The maximum atomic E-state index is 5.37. The van der Waals surface area contributed by atoms with Gasteiger partial charge in [0.2, 0.25) is 0 Å². The van der Waals surface area contributed by atoms with E-state index in [0.29, 0.717) is 5.02 Å². The summed E-state index contributed by atoms with van der Waals surface area (Å²) < 4.78 is 1.47. The normalized spacial score (nSPS) is 9.43. The minimum Gasteiger partial charge on any atom is -0.264 e. The maximum Gasteiger partial charge on any atom is 0.133 e. The van der Waals surface area contributed by atoms with Crippen molar-refractivity contribution < 1.29 is 0 Å². The molecule has 0 bridgehead atoms. The Morgan fingerprint density at radius 2 is 2.57 bits per heavy atom. The van der Waals surface area contributed by atoms with E-state index in [1.54, 1.807) is 7.05 Å². The summed E-state index contributed by atoms with van der Waals surface area (Å²) in [6.45, 7) is 0. The number of nitrogens with zero attached hydrogens (tertiary/aromatic N) is 2. The van der Waals surface area contributed by atoms with Gasteiger partial charge in [-0.15, -0.1) is 0 Å². The zero-order valence-electron chi connectivity index (χ0n) is 3.77. The summed E-state index contributed by atoms with van der Waals surface area (Å²) in [6.07, 6.45) is 5.15. The van der Waals surface area contributed by atoms with Crippen molar-refractivity contribution in [2.24, 2.45) is 7.05 Å². The van der Waals surface area contributed by atoms with Crippen LogP contribution in [0.4, 0.5) is 0 Å². The van der Waals surface area contributed by atoms with Gasteiger partial charge < -0.3 is 0 Å². The fourth-order valence-corrected chi connectivity index (χ4v) is 0.471. The van der Waals surface area contributed by atoms with Crippen molar-refractivity contribution in [2.75, 3.05) is 0 Å². The number of hydrogen-bond donors (Lipinski definition) is 0. The predicted octanol–water partition coefficient (Wildman–Crippen LogP) is 0.674. The first kappa shape index (κ1) is 4.65. The lowest BCUT2D eigenvalue weighted by molar-refractivity contribution is 0.759. The van der Waals surface area contributed by atoms with Crippen LogP contribution in [0.3, 0.4) is 0 Å². The van der Waals surface area contributed by atoms with E-state index in [1.165, 1.54) is 4.68 Å². The summed E-state index contributed by atoms with van der Waals surface area (Å²) in [4.78, 5) is 0. The molecule has 2 nitrogen and oxygen atoms in total. The lowest BCUT2D eigenvalue weighted by atomic mass is 10.7. The number of rotatable bonds is 0. The number of aryl methyl sites for hydroxylation is 1. The molecule has 0 saturated heterocycles. The summed E-state index contributed by atoms with van der Waals surface area (Å²) in [6, 6.07) is 0. The monoisotopic (exact) mass is 114 g/mol. The number of aromatic nitrogens is 2. The summed E-state index contributed by atoms with van der Waals surface area (Å²) in [5.74, 6) is 0. The highest BCUT2D eigenvalue weighted by Crippen LogP contribution is 1.99. The number of hydrogen-bond acceptors (Lipinski definition) is 1. The van der Waals surface area contributed by atoms with Crippen molar-refractivity contribution in [1.82, 2.24) is 9.78 Å². The fourth-order valence-electron chi connectivity index (χ4n) is 0.311. The van der Waals surface area contributed by atoms with Gasteiger partial charge in [-0.3, -0.25) is 4.68 Å². The van der Waals surface area contributed by atoms with Crippen molar-refractivity contribution >= 4 is 11.6 Å². The average molecular weight is 115 g/mol. The molecule has 0 saturated carbocycles. The molecule has 0 fully saturated rings. The highest BCUT2D eigenvalue weighted by molar-refractivity contribution is 6.30. The topological polar surface area (TPSA) is 17.8 Å². The van der Waals surface area contributed by atoms with Crippen LogP contribution >= 0.6 is 11.6 Å². The van der Waals surface area contributed by atoms with Crippen molar-refractivity contribution in [2.45, 2.75) is 0 Å². The minimum atomic E-state index is 0.433. The molecule has 1 heterocycles.